The second-order valence-corrected chi connectivity index (χ2v) is 6.97. The molecule has 0 spiro atoms. The Balaban J connectivity index is 1.64. The van der Waals surface area contributed by atoms with E-state index in [0.717, 1.165) is 34.3 Å². The molecular weight excluding hydrogens is 359 g/mol. The van der Waals surface area contributed by atoms with Gasteiger partial charge in [0, 0.05) is 28.9 Å². The van der Waals surface area contributed by atoms with Crippen LogP contribution in [0.5, 0.6) is 0 Å². The topological polar surface area (TPSA) is 43.6 Å². The Kier molecular flexibility index (Phi) is 5.25. The maximum absolute atomic E-state index is 13.3. The molecule has 0 aliphatic heterocycles. The van der Waals surface area contributed by atoms with Crippen molar-refractivity contribution in [2.24, 2.45) is 0 Å². The molecule has 0 saturated heterocycles. The van der Waals surface area contributed by atoms with Gasteiger partial charge in [-0.25, -0.2) is 4.39 Å². The predicted octanol–water partition coefficient (Wildman–Crippen LogP) is 4.80. The van der Waals surface area contributed by atoms with Gasteiger partial charge in [0.2, 0.25) is 0 Å². The fourth-order valence-corrected chi connectivity index (χ4v) is 3.67. The second-order valence-electron chi connectivity index (χ2n) is 5.90. The average Bonchev–Trinajstić information content (AvgIpc) is 3.14. The smallest absolute Gasteiger partial charge is 0.196 e. The van der Waals surface area contributed by atoms with Crippen LogP contribution < -0.4 is 0 Å². The van der Waals surface area contributed by atoms with Crippen LogP contribution in [-0.4, -0.2) is 25.5 Å². The molecule has 4 aromatic rings. The molecule has 0 atom stereocenters. The van der Waals surface area contributed by atoms with E-state index in [2.05, 4.69) is 15.2 Å². The highest BCUT2D eigenvalue weighted by Crippen LogP contribution is 2.28. The molecule has 6 heteroatoms. The van der Waals surface area contributed by atoms with Gasteiger partial charge in [-0.15, -0.1) is 10.2 Å². The summed E-state index contributed by atoms with van der Waals surface area (Å²) < 4.78 is 15.3. The summed E-state index contributed by atoms with van der Waals surface area (Å²) in [6.07, 6.45) is 2.65. The summed E-state index contributed by atoms with van der Waals surface area (Å²) in [6, 6.07) is 22.2. The van der Waals surface area contributed by atoms with Crippen LogP contribution in [0.1, 0.15) is 5.69 Å². The fourth-order valence-electron chi connectivity index (χ4n) is 2.75. The third kappa shape index (κ3) is 4.06. The minimum Gasteiger partial charge on any atom is -0.270 e. The van der Waals surface area contributed by atoms with E-state index in [0.29, 0.717) is 5.82 Å². The summed E-state index contributed by atoms with van der Waals surface area (Å²) in [6.45, 7) is 0. The van der Waals surface area contributed by atoms with Crippen molar-refractivity contribution in [3.05, 3.63) is 90.5 Å². The van der Waals surface area contributed by atoms with E-state index in [1.807, 2.05) is 53.1 Å². The van der Waals surface area contributed by atoms with Gasteiger partial charge in [-0.05, 0) is 55.0 Å². The number of rotatable bonds is 6. The Morgan fingerprint density at radius 2 is 1.63 bits per heavy atom. The molecule has 134 valence electrons. The van der Waals surface area contributed by atoms with Gasteiger partial charge in [0.05, 0.1) is 0 Å². The molecule has 4 rings (SSSR count). The van der Waals surface area contributed by atoms with Crippen molar-refractivity contribution in [3.63, 3.8) is 0 Å². The zero-order chi connectivity index (χ0) is 18.5. The molecule has 27 heavy (non-hydrogen) atoms. The lowest BCUT2D eigenvalue weighted by molar-refractivity contribution is 0.628. The van der Waals surface area contributed by atoms with Crippen LogP contribution in [0.3, 0.4) is 0 Å². The van der Waals surface area contributed by atoms with Gasteiger partial charge in [0.1, 0.15) is 5.82 Å². The maximum atomic E-state index is 13.3. The quantitative estimate of drug-likeness (QED) is 0.453. The number of hydrogen-bond acceptors (Lipinski definition) is 4. The van der Waals surface area contributed by atoms with Crippen LogP contribution in [0.2, 0.25) is 0 Å². The number of thioether (sulfide) groups is 1. The Labute approximate surface area is 161 Å². The van der Waals surface area contributed by atoms with Gasteiger partial charge in [-0.2, -0.15) is 0 Å². The van der Waals surface area contributed by atoms with Crippen molar-refractivity contribution in [2.75, 3.05) is 5.75 Å². The molecule has 2 aromatic carbocycles. The SMILES string of the molecule is Fc1ccc(-c2nnc(SCCc3ccccn3)n2-c2ccccc2)cc1. The van der Waals surface area contributed by atoms with E-state index < -0.39 is 0 Å². The molecule has 4 nitrogen and oxygen atoms in total. The molecule has 2 heterocycles. The number of pyridine rings is 1. The molecule has 0 unspecified atom stereocenters. The van der Waals surface area contributed by atoms with E-state index >= 15 is 0 Å². The van der Waals surface area contributed by atoms with Crippen LogP contribution in [-0.2, 0) is 6.42 Å². The third-order valence-electron chi connectivity index (χ3n) is 4.07. The van der Waals surface area contributed by atoms with Crippen molar-refractivity contribution in [1.29, 1.82) is 0 Å². The first-order valence-electron chi connectivity index (χ1n) is 8.61. The second kappa shape index (κ2) is 8.14. The van der Waals surface area contributed by atoms with E-state index in [1.165, 1.54) is 12.1 Å². The van der Waals surface area contributed by atoms with Gasteiger partial charge < -0.3 is 0 Å². The molecule has 0 saturated carbocycles. The normalized spacial score (nSPS) is 10.9. The monoisotopic (exact) mass is 376 g/mol. The van der Waals surface area contributed by atoms with E-state index in [9.17, 15) is 4.39 Å². The molecule has 0 radical (unpaired) electrons. The highest BCUT2D eigenvalue weighted by molar-refractivity contribution is 7.99. The van der Waals surface area contributed by atoms with Crippen LogP contribution in [0, 0.1) is 5.82 Å². The lowest BCUT2D eigenvalue weighted by Crippen LogP contribution is -2.00. The Hall–Kier alpha value is -2.99. The van der Waals surface area contributed by atoms with Crippen LogP contribution >= 0.6 is 11.8 Å². The first-order chi connectivity index (χ1) is 13.3. The lowest BCUT2D eigenvalue weighted by Gasteiger charge is -2.10. The van der Waals surface area contributed by atoms with Crippen molar-refractivity contribution in [3.8, 4) is 17.1 Å². The molecule has 0 aliphatic carbocycles. The number of hydrogen-bond donors (Lipinski definition) is 0. The first-order valence-corrected chi connectivity index (χ1v) is 9.59. The molecule has 2 aromatic heterocycles. The lowest BCUT2D eigenvalue weighted by atomic mass is 10.2. The van der Waals surface area contributed by atoms with E-state index in [4.69, 9.17) is 0 Å². The molecule has 0 bridgehead atoms. The Bertz CT molecular complexity index is 1000. The molecular formula is C21H17FN4S. The van der Waals surface area contributed by atoms with Crippen LogP contribution in [0.4, 0.5) is 4.39 Å². The number of para-hydroxylation sites is 1. The van der Waals surface area contributed by atoms with Crippen molar-refractivity contribution >= 4 is 11.8 Å². The van der Waals surface area contributed by atoms with Gasteiger partial charge in [-0.3, -0.25) is 9.55 Å². The summed E-state index contributed by atoms with van der Waals surface area (Å²) >= 11 is 1.63. The molecule has 0 amide bonds. The van der Waals surface area contributed by atoms with Crippen molar-refractivity contribution in [2.45, 2.75) is 11.6 Å². The van der Waals surface area contributed by atoms with Gasteiger partial charge >= 0.3 is 0 Å². The zero-order valence-electron chi connectivity index (χ0n) is 14.5. The number of halogens is 1. The fraction of sp³-hybridized carbons (Fsp3) is 0.0952. The van der Waals surface area contributed by atoms with Gasteiger partial charge in [0.25, 0.3) is 0 Å². The Morgan fingerprint density at radius 3 is 2.37 bits per heavy atom. The summed E-state index contributed by atoms with van der Waals surface area (Å²) in [5.41, 5.74) is 2.85. The highest BCUT2D eigenvalue weighted by atomic mass is 32.2. The summed E-state index contributed by atoms with van der Waals surface area (Å²) in [7, 11) is 0. The van der Waals surface area contributed by atoms with E-state index in [1.54, 1.807) is 30.1 Å². The van der Waals surface area contributed by atoms with Gasteiger partial charge in [-0.1, -0.05) is 36.0 Å². The first kappa shape index (κ1) is 17.4. The average molecular weight is 376 g/mol. The standard InChI is InChI=1S/C21H17FN4S/c22-17-11-9-16(10-12-17)20-24-25-21(26(20)19-7-2-1-3-8-19)27-15-13-18-6-4-5-14-23-18/h1-12,14H,13,15H2. The van der Waals surface area contributed by atoms with Crippen molar-refractivity contribution < 1.29 is 4.39 Å². The molecule has 0 fully saturated rings. The van der Waals surface area contributed by atoms with Crippen LogP contribution in [0.25, 0.3) is 17.1 Å². The predicted molar refractivity (Wildman–Crippen MR) is 105 cm³/mol. The Morgan fingerprint density at radius 1 is 0.852 bits per heavy atom. The largest absolute Gasteiger partial charge is 0.270 e. The molecule has 0 N–H and O–H groups in total. The van der Waals surface area contributed by atoms with Crippen LogP contribution in [0.15, 0.2) is 84.1 Å². The van der Waals surface area contributed by atoms with Crippen molar-refractivity contribution in [1.82, 2.24) is 19.7 Å². The highest BCUT2D eigenvalue weighted by Gasteiger charge is 2.16. The molecule has 0 aliphatic rings. The minimum absolute atomic E-state index is 0.269. The minimum atomic E-state index is -0.269. The van der Waals surface area contributed by atoms with E-state index in [-0.39, 0.29) is 5.82 Å². The summed E-state index contributed by atoms with van der Waals surface area (Å²) in [5.74, 6) is 1.27. The third-order valence-corrected chi connectivity index (χ3v) is 5.00. The zero-order valence-corrected chi connectivity index (χ0v) is 15.3. The summed E-state index contributed by atoms with van der Waals surface area (Å²) in [5, 5.41) is 9.56. The number of benzene rings is 2. The summed E-state index contributed by atoms with van der Waals surface area (Å²) in [4.78, 5) is 4.36. The maximum Gasteiger partial charge on any atom is 0.196 e. The number of aromatic nitrogens is 4. The van der Waals surface area contributed by atoms with Gasteiger partial charge in [0.15, 0.2) is 11.0 Å². The number of aryl methyl sites for hydroxylation is 1. The number of nitrogens with zero attached hydrogens (tertiary/aromatic N) is 4.